The van der Waals surface area contributed by atoms with Crippen molar-refractivity contribution in [2.45, 2.75) is 45.4 Å². The van der Waals surface area contributed by atoms with Gasteiger partial charge in [0, 0.05) is 79.7 Å². The van der Waals surface area contributed by atoms with Crippen molar-refractivity contribution in [1.29, 1.82) is 0 Å². The fourth-order valence-corrected chi connectivity index (χ4v) is 4.58. The zero-order valence-electron chi connectivity index (χ0n) is 20.8. The standard InChI is InChI=1S/C25H43N5O2.HI/c1-4-28-14-16-29(17-15-28)21-23-9-6-5-8-22(23)20-27-25(26-2)30-12-10-24(11-13-30)32-19-7-18-31-3;/h5-6,8-9,24H,4,7,10-21H2,1-3H3,(H,26,27);1H. The molecule has 0 amide bonds. The maximum absolute atomic E-state index is 6.00. The number of ether oxygens (including phenoxy) is 2. The van der Waals surface area contributed by atoms with Crippen molar-refractivity contribution in [2.75, 3.05) is 73.2 Å². The minimum Gasteiger partial charge on any atom is -0.385 e. The fraction of sp³-hybridized carbons (Fsp3) is 0.720. The summed E-state index contributed by atoms with van der Waals surface area (Å²) in [5.74, 6) is 0.995. The molecule has 0 atom stereocenters. The lowest BCUT2D eigenvalue weighted by atomic mass is 10.1. The summed E-state index contributed by atoms with van der Waals surface area (Å²) >= 11 is 0. The Morgan fingerprint density at radius 3 is 2.30 bits per heavy atom. The minimum absolute atomic E-state index is 0. The Bertz CT molecular complexity index is 689. The lowest BCUT2D eigenvalue weighted by Crippen LogP contribution is -2.47. The van der Waals surface area contributed by atoms with E-state index in [0.29, 0.717) is 6.10 Å². The van der Waals surface area contributed by atoms with Crippen LogP contribution in [0.3, 0.4) is 0 Å². The number of hydrogen-bond donors (Lipinski definition) is 1. The van der Waals surface area contributed by atoms with E-state index in [2.05, 4.69) is 56.2 Å². The van der Waals surface area contributed by atoms with E-state index < -0.39 is 0 Å². The first-order chi connectivity index (χ1) is 15.7. The molecular formula is C25H44IN5O2. The third-order valence-corrected chi connectivity index (χ3v) is 6.66. The minimum atomic E-state index is 0. The van der Waals surface area contributed by atoms with Gasteiger partial charge in [-0.2, -0.15) is 0 Å². The van der Waals surface area contributed by atoms with Gasteiger partial charge in [0.1, 0.15) is 0 Å². The highest BCUT2D eigenvalue weighted by Crippen LogP contribution is 2.16. The Labute approximate surface area is 217 Å². The quantitative estimate of drug-likeness (QED) is 0.201. The van der Waals surface area contributed by atoms with Gasteiger partial charge in [-0.1, -0.05) is 31.2 Å². The maximum atomic E-state index is 6.00. The van der Waals surface area contributed by atoms with Crippen LogP contribution in [0.2, 0.25) is 0 Å². The van der Waals surface area contributed by atoms with Crippen LogP contribution in [0.25, 0.3) is 0 Å². The van der Waals surface area contributed by atoms with E-state index in [9.17, 15) is 0 Å². The Morgan fingerprint density at radius 1 is 1.00 bits per heavy atom. The van der Waals surface area contributed by atoms with Crippen LogP contribution in [-0.4, -0.2) is 99.9 Å². The average Bonchev–Trinajstić information content (AvgIpc) is 2.84. The number of piperazine rings is 1. The van der Waals surface area contributed by atoms with E-state index in [0.717, 1.165) is 84.2 Å². The van der Waals surface area contributed by atoms with Crippen molar-refractivity contribution >= 4 is 29.9 Å². The molecule has 7 nitrogen and oxygen atoms in total. The summed E-state index contributed by atoms with van der Waals surface area (Å²) in [4.78, 5) is 12.0. The summed E-state index contributed by atoms with van der Waals surface area (Å²) < 4.78 is 11.1. The number of piperidine rings is 1. The number of nitrogens with zero attached hydrogens (tertiary/aromatic N) is 4. The molecule has 0 bridgehead atoms. The fourth-order valence-electron chi connectivity index (χ4n) is 4.58. The summed E-state index contributed by atoms with van der Waals surface area (Å²) in [7, 11) is 3.62. The summed E-state index contributed by atoms with van der Waals surface area (Å²) in [5, 5.41) is 3.62. The number of aliphatic imine (C=N–C) groups is 1. The van der Waals surface area contributed by atoms with Crippen molar-refractivity contribution in [2.24, 2.45) is 4.99 Å². The first-order valence-electron chi connectivity index (χ1n) is 12.3. The van der Waals surface area contributed by atoms with Gasteiger partial charge < -0.3 is 24.6 Å². The van der Waals surface area contributed by atoms with Crippen LogP contribution in [0, 0.1) is 0 Å². The van der Waals surface area contributed by atoms with E-state index in [-0.39, 0.29) is 24.0 Å². The first kappa shape index (κ1) is 28.3. The van der Waals surface area contributed by atoms with Gasteiger partial charge in [-0.25, -0.2) is 0 Å². The number of hydrogen-bond acceptors (Lipinski definition) is 5. The highest BCUT2D eigenvalue weighted by molar-refractivity contribution is 14.0. The molecule has 1 aromatic carbocycles. The second kappa shape index (κ2) is 15.9. The predicted octanol–water partition coefficient (Wildman–Crippen LogP) is 3.04. The molecule has 2 aliphatic heterocycles. The van der Waals surface area contributed by atoms with Gasteiger partial charge in [-0.3, -0.25) is 9.89 Å². The number of benzene rings is 1. The third-order valence-electron chi connectivity index (χ3n) is 6.66. The van der Waals surface area contributed by atoms with Crippen molar-refractivity contribution < 1.29 is 9.47 Å². The number of likely N-dealkylation sites (tertiary alicyclic amines) is 1. The molecule has 3 rings (SSSR count). The monoisotopic (exact) mass is 573 g/mol. The highest BCUT2D eigenvalue weighted by Gasteiger charge is 2.22. The number of guanidine groups is 1. The topological polar surface area (TPSA) is 52.6 Å². The zero-order valence-corrected chi connectivity index (χ0v) is 23.1. The van der Waals surface area contributed by atoms with Gasteiger partial charge in [0.05, 0.1) is 6.10 Å². The second-order valence-electron chi connectivity index (χ2n) is 8.78. The van der Waals surface area contributed by atoms with Crippen LogP contribution in [0.1, 0.15) is 37.3 Å². The van der Waals surface area contributed by atoms with E-state index in [1.165, 1.54) is 24.2 Å². The Balaban J connectivity index is 0.00000385. The molecule has 1 N–H and O–H groups in total. The normalized spacial score (nSPS) is 18.9. The molecule has 0 aromatic heterocycles. The molecular weight excluding hydrogens is 529 g/mol. The molecule has 0 aliphatic carbocycles. The summed E-state index contributed by atoms with van der Waals surface area (Å²) in [6.45, 7) is 13.4. The number of halogens is 1. The molecule has 2 heterocycles. The molecule has 0 radical (unpaired) electrons. The van der Waals surface area contributed by atoms with Crippen LogP contribution in [-0.2, 0) is 22.6 Å². The molecule has 0 spiro atoms. The molecule has 8 heteroatoms. The number of methoxy groups -OCH3 is 1. The van der Waals surface area contributed by atoms with Gasteiger partial charge >= 0.3 is 0 Å². The van der Waals surface area contributed by atoms with E-state index in [1.807, 2.05) is 7.05 Å². The van der Waals surface area contributed by atoms with Crippen LogP contribution < -0.4 is 5.32 Å². The number of rotatable bonds is 10. The predicted molar refractivity (Wildman–Crippen MR) is 146 cm³/mol. The van der Waals surface area contributed by atoms with Crippen molar-refractivity contribution in [1.82, 2.24) is 20.0 Å². The molecule has 33 heavy (non-hydrogen) atoms. The second-order valence-corrected chi connectivity index (χ2v) is 8.78. The van der Waals surface area contributed by atoms with Crippen LogP contribution in [0.4, 0.5) is 0 Å². The number of likely N-dealkylation sites (N-methyl/N-ethyl adjacent to an activating group) is 1. The molecule has 2 saturated heterocycles. The molecule has 188 valence electrons. The Morgan fingerprint density at radius 2 is 1.67 bits per heavy atom. The summed E-state index contributed by atoms with van der Waals surface area (Å²) in [6, 6.07) is 8.83. The lowest BCUT2D eigenvalue weighted by molar-refractivity contribution is 0.00989. The molecule has 2 fully saturated rings. The van der Waals surface area contributed by atoms with Crippen LogP contribution >= 0.6 is 24.0 Å². The lowest BCUT2D eigenvalue weighted by Gasteiger charge is -2.35. The van der Waals surface area contributed by atoms with Crippen LogP contribution in [0.5, 0.6) is 0 Å². The zero-order chi connectivity index (χ0) is 22.6. The van der Waals surface area contributed by atoms with Crippen molar-refractivity contribution in [3.05, 3.63) is 35.4 Å². The average molecular weight is 574 g/mol. The maximum Gasteiger partial charge on any atom is 0.193 e. The van der Waals surface area contributed by atoms with Gasteiger partial charge in [-0.05, 0) is 36.9 Å². The summed E-state index contributed by atoms with van der Waals surface area (Å²) in [5.41, 5.74) is 2.78. The van der Waals surface area contributed by atoms with Crippen LogP contribution in [0.15, 0.2) is 29.3 Å². The van der Waals surface area contributed by atoms with Gasteiger partial charge in [0.2, 0.25) is 0 Å². The van der Waals surface area contributed by atoms with E-state index >= 15 is 0 Å². The summed E-state index contributed by atoms with van der Waals surface area (Å²) in [6.07, 6.45) is 3.42. The van der Waals surface area contributed by atoms with E-state index in [4.69, 9.17) is 9.47 Å². The Kier molecular flexibility index (Phi) is 13.6. The highest BCUT2D eigenvalue weighted by atomic mass is 127. The molecule has 1 aromatic rings. The smallest absolute Gasteiger partial charge is 0.193 e. The van der Waals surface area contributed by atoms with Gasteiger partial charge in [-0.15, -0.1) is 24.0 Å². The first-order valence-corrected chi connectivity index (χ1v) is 12.3. The number of nitrogens with one attached hydrogen (secondary N) is 1. The van der Waals surface area contributed by atoms with Gasteiger partial charge in [0.25, 0.3) is 0 Å². The van der Waals surface area contributed by atoms with Crippen molar-refractivity contribution in [3.8, 4) is 0 Å². The molecule has 2 aliphatic rings. The largest absolute Gasteiger partial charge is 0.385 e. The Hall–Kier alpha value is -0.940. The molecule has 0 saturated carbocycles. The molecule has 0 unspecified atom stereocenters. The van der Waals surface area contributed by atoms with Gasteiger partial charge in [0.15, 0.2) is 5.96 Å². The van der Waals surface area contributed by atoms with E-state index in [1.54, 1.807) is 7.11 Å². The SMILES string of the molecule is CCN1CCN(Cc2ccccc2CNC(=NC)N2CCC(OCCCOC)CC2)CC1.I. The third kappa shape index (κ3) is 9.32. The van der Waals surface area contributed by atoms with Crippen molar-refractivity contribution in [3.63, 3.8) is 0 Å².